The van der Waals surface area contributed by atoms with E-state index in [1.807, 2.05) is 42.5 Å². The quantitative estimate of drug-likeness (QED) is 0.255. The largest absolute Gasteiger partial charge is 0.493 e. The van der Waals surface area contributed by atoms with E-state index in [1.54, 1.807) is 6.21 Å². The van der Waals surface area contributed by atoms with E-state index in [1.165, 1.54) is 62.6 Å². The van der Waals surface area contributed by atoms with Crippen molar-refractivity contribution < 1.29 is 4.74 Å². The monoisotopic (exact) mass is 424 g/mol. The van der Waals surface area contributed by atoms with Gasteiger partial charge in [0.05, 0.1) is 12.8 Å². The van der Waals surface area contributed by atoms with Crippen LogP contribution in [-0.4, -0.2) is 42.5 Å². The van der Waals surface area contributed by atoms with E-state index < -0.39 is 0 Å². The zero-order valence-electron chi connectivity index (χ0n) is 17.6. The second kappa shape index (κ2) is 13.1. The van der Waals surface area contributed by atoms with Crippen LogP contribution in [0.15, 0.2) is 64.8 Å². The lowest BCUT2D eigenvalue weighted by molar-refractivity contribution is 0.216. The smallest absolute Gasteiger partial charge is 0.180 e. The van der Waals surface area contributed by atoms with E-state index in [2.05, 4.69) is 27.2 Å². The Morgan fingerprint density at radius 2 is 1.77 bits per heavy atom. The summed E-state index contributed by atoms with van der Waals surface area (Å²) in [4.78, 5) is 2.57. The number of rotatable bonds is 10. The molecule has 0 bridgehead atoms. The molecule has 160 valence electrons. The van der Waals surface area contributed by atoms with Gasteiger partial charge in [-0.2, -0.15) is 5.10 Å². The summed E-state index contributed by atoms with van der Waals surface area (Å²) in [5.74, 6) is 1.62. The predicted molar refractivity (Wildman–Crippen MR) is 128 cm³/mol. The lowest BCUT2D eigenvalue weighted by atomic mass is 10.1. The Bertz CT molecular complexity index is 804. The number of ether oxygens (including phenoxy) is 1. The molecule has 0 amide bonds. The third-order valence-corrected chi connectivity index (χ3v) is 5.93. The number of unbranched alkanes of at least 4 members (excludes halogenated alkanes) is 1. The van der Waals surface area contributed by atoms with Crippen LogP contribution < -0.4 is 10.5 Å². The molecule has 30 heavy (non-hydrogen) atoms. The highest BCUT2D eigenvalue weighted by Crippen LogP contribution is 2.17. The van der Waals surface area contributed by atoms with Crippen LogP contribution in [0.3, 0.4) is 0 Å². The Balaban J connectivity index is 1.41. The molecule has 0 unspecified atom stereocenters. The Morgan fingerprint density at radius 3 is 2.60 bits per heavy atom. The summed E-state index contributed by atoms with van der Waals surface area (Å²) in [6.07, 6.45) is 8.03. The topological polar surface area (TPSA) is 63.2 Å². The standard InChI is InChI=1S/C24H32N4OS/c25-24(30-20-21-11-3-1-4-12-21)27-26-19-22-13-5-6-14-23(22)29-18-10-9-17-28-15-7-2-8-16-28/h1,3-6,11-14,19H,2,7-10,15-18,20H2,(H2,25,27). The second-order valence-electron chi connectivity index (χ2n) is 7.45. The number of benzene rings is 2. The molecule has 6 heteroatoms. The first-order chi connectivity index (χ1) is 14.8. The molecule has 1 saturated heterocycles. The van der Waals surface area contributed by atoms with E-state index in [9.17, 15) is 0 Å². The van der Waals surface area contributed by atoms with Crippen LogP contribution in [0.4, 0.5) is 0 Å². The highest BCUT2D eigenvalue weighted by atomic mass is 32.2. The Morgan fingerprint density at radius 1 is 1.00 bits per heavy atom. The Kier molecular flexibility index (Phi) is 9.76. The van der Waals surface area contributed by atoms with Crippen molar-refractivity contribution in [1.82, 2.24) is 4.90 Å². The van der Waals surface area contributed by atoms with Crippen molar-refractivity contribution in [2.75, 3.05) is 26.2 Å². The first-order valence-corrected chi connectivity index (χ1v) is 11.8. The fourth-order valence-corrected chi connectivity index (χ4v) is 4.04. The van der Waals surface area contributed by atoms with E-state index in [0.717, 1.165) is 30.1 Å². The van der Waals surface area contributed by atoms with Gasteiger partial charge in [0, 0.05) is 11.3 Å². The third-order valence-electron chi connectivity index (χ3n) is 5.08. The first-order valence-electron chi connectivity index (χ1n) is 10.8. The number of hydrogen-bond acceptors (Lipinski definition) is 5. The molecule has 1 aliphatic rings. The van der Waals surface area contributed by atoms with Crippen molar-refractivity contribution in [3.8, 4) is 5.75 Å². The van der Waals surface area contributed by atoms with Gasteiger partial charge in [-0.3, -0.25) is 0 Å². The summed E-state index contributed by atoms with van der Waals surface area (Å²) in [5, 5.41) is 8.70. The average Bonchev–Trinajstić information content (AvgIpc) is 2.80. The van der Waals surface area contributed by atoms with Gasteiger partial charge < -0.3 is 15.4 Å². The normalized spacial score (nSPS) is 15.5. The number of likely N-dealkylation sites (tertiary alicyclic amines) is 1. The molecule has 5 nitrogen and oxygen atoms in total. The van der Waals surface area contributed by atoms with Crippen LogP contribution in [0.5, 0.6) is 5.75 Å². The van der Waals surface area contributed by atoms with Crippen molar-refractivity contribution in [3.63, 3.8) is 0 Å². The number of amidine groups is 1. The average molecular weight is 425 g/mol. The van der Waals surface area contributed by atoms with Crippen molar-refractivity contribution >= 4 is 23.1 Å². The number of para-hydroxylation sites is 1. The van der Waals surface area contributed by atoms with E-state index in [-0.39, 0.29) is 0 Å². The van der Waals surface area contributed by atoms with Crippen molar-refractivity contribution in [1.29, 1.82) is 0 Å². The van der Waals surface area contributed by atoms with Gasteiger partial charge in [-0.15, -0.1) is 5.10 Å². The number of nitrogens with zero attached hydrogens (tertiary/aromatic N) is 3. The lowest BCUT2D eigenvalue weighted by Gasteiger charge is -2.26. The molecule has 0 saturated carbocycles. The summed E-state index contributed by atoms with van der Waals surface area (Å²) in [6.45, 7) is 4.42. The fraction of sp³-hybridized carbons (Fsp3) is 0.417. The van der Waals surface area contributed by atoms with Gasteiger partial charge in [0.15, 0.2) is 5.17 Å². The minimum Gasteiger partial charge on any atom is -0.493 e. The first kappa shape index (κ1) is 22.4. The molecular weight excluding hydrogens is 392 g/mol. The summed E-state index contributed by atoms with van der Waals surface area (Å²) in [6, 6.07) is 18.1. The molecule has 2 aromatic carbocycles. The Labute approximate surface area is 184 Å². The maximum atomic E-state index is 5.99. The van der Waals surface area contributed by atoms with Crippen molar-refractivity contribution in [2.24, 2.45) is 15.9 Å². The van der Waals surface area contributed by atoms with Crippen molar-refractivity contribution in [3.05, 3.63) is 65.7 Å². The summed E-state index contributed by atoms with van der Waals surface area (Å²) >= 11 is 1.48. The molecule has 0 spiro atoms. The molecule has 2 aromatic rings. The second-order valence-corrected chi connectivity index (χ2v) is 8.45. The summed E-state index contributed by atoms with van der Waals surface area (Å²) in [5.41, 5.74) is 8.09. The molecular formula is C24H32N4OS. The molecule has 1 aliphatic heterocycles. The third kappa shape index (κ3) is 8.20. The van der Waals surface area contributed by atoms with Crippen LogP contribution in [0.2, 0.25) is 0 Å². The molecule has 0 aromatic heterocycles. The lowest BCUT2D eigenvalue weighted by Crippen LogP contribution is -2.30. The molecule has 0 radical (unpaired) electrons. The highest BCUT2D eigenvalue weighted by Gasteiger charge is 2.09. The predicted octanol–water partition coefficient (Wildman–Crippen LogP) is 4.91. The van der Waals surface area contributed by atoms with Crippen LogP contribution in [-0.2, 0) is 5.75 Å². The summed E-state index contributed by atoms with van der Waals surface area (Å²) < 4.78 is 5.99. The number of nitrogens with two attached hydrogens (primary N) is 1. The zero-order chi connectivity index (χ0) is 20.9. The molecule has 0 atom stereocenters. The molecule has 3 rings (SSSR count). The van der Waals surface area contributed by atoms with Crippen LogP contribution >= 0.6 is 11.8 Å². The zero-order valence-corrected chi connectivity index (χ0v) is 18.4. The molecule has 1 heterocycles. The van der Waals surface area contributed by atoms with E-state index in [0.29, 0.717) is 5.17 Å². The van der Waals surface area contributed by atoms with Gasteiger partial charge in [-0.1, -0.05) is 60.6 Å². The Hall–Kier alpha value is -2.31. The SMILES string of the molecule is NC(=NN=Cc1ccccc1OCCCCN1CCCCC1)SCc1ccccc1. The van der Waals surface area contributed by atoms with Crippen LogP contribution in [0.25, 0.3) is 0 Å². The van der Waals surface area contributed by atoms with Gasteiger partial charge in [-0.25, -0.2) is 0 Å². The maximum absolute atomic E-state index is 5.99. The van der Waals surface area contributed by atoms with E-state index >= 15 is 0 Å². The molecule has 0 aliphatic carbocycles. The van der Waals surface area contributed by atoms with Gasteiger partial charge >= 0.3 is 0 Å². The maximum Gasteiger partial charge on any atom is 0.180 e. The van der Waals surface area contributed by atoms with Gasteiger partial charge in [0.2, 0.25) is 0 Å². The minimum absolute atomic E-state index is 0.450. The summed E-state index contributed by atoms with van der Waals surface area (Å²) in [7, 11) is 0. The number of hydrogen-bond donors (Lipinski definition) is 1. The van der Waals surface area contributed by atoms with Crippen LogP contribution in [0.1, 0.15) is 43.2 Å². The fourth-order valence-electron chi connectivity index (χ4n) is 3.43. The molecule has 1 fully saturated rings. The molecule has 2 N–H and O–H groups in total. The van der Waals surface area contributed by atoms with Gasteiger partial charge in [0.1, 0.15) is 5.75 Å². The van der Waals surface area contributed by atoms with Gasteiger partial charge in [-0.05, 0) is 63.0 Å². The minimum atomic E-state index is 0.450. The number of piperidine rings is 1. The number of thioether (sulfide) groups is 1. The van der Waals surface area contributed by atoms with Crippen molar-refractivity contribution in [2.45, 2.75) is 37.9 Å². The van der Waals surface area contributed by atoms with Gasteiger partial charge in [0.25, 0.3) is 0 Å². The highest BCUT2D eigenvalue weighted by molar-refractivity contribution is 8.13. The van der Waals surface area contributed by atoms with E-state index in [4.69, 9.17) is 10.5 Å². The van der Waals surface area contributed by atoms with Crippen LogP contribution in [0, 0.1) is 0 Å².